The van der Waals surface area contributed by atoms with E-state index in [1.807, 2.05) is 13.0 Å². The van der Waals surface area contributed by atoms with Gasteiger partial charge in [-0.3, -0.25) is 0 Å². The molecule has 2 heterocycles. The van der Waals surface area contributed by atoms with Crippen molar-refractivity contribution >= 4 is 5.82 Å². The second-order valence-corrected chi connectivity index (χ2v) is 4.74. The largest absolute Gasteiger partial charge is 0.370 e. The lowest BCUT2D eigenvalue weighted by Crippen LogP contribution is -2.13. The zero-order chi connectivity index (χ0) is 12.1. The highest BCUT2D eigenvalue weighted by Crippen LogP contribution is 2.13. The molecular weight excluding hydrogens is 212 g/mol. The zero-order valence-corrected chi connectivity index (χ0v) is 10.8. The van der Waals surface area contributed by atoms with Crippen LogP contribution in [0, 0.1) is 12.8 Å². The third kappa shape index (κ3) is 3.66. The van der Waals surface area contributed by atoms with Crippen molar-refractivity contribution in [1.29, 1.82) is 0 Å². The lowest BCUT2D eigenvalue weighted by atomic mass is 10.1. The average molecular weight is 234 g/mol. The molecule has 1 aliphatic heterocycles. The van der Waals surface area contributed by atoms with Gasteiger partial charge in [-0.05, 0) is 38.8 Å². The first-order chi connectivity index (χ1) is 8.28. The van der Waals surface area contributed by atoms with Gasteiger partial charge in [0.25, 0.3) is 0 Å². The van der Waals surface area contributed by atoms with Crippen LogP contribution in [0.15, 0.2) is 6.07 Å². The first-order valence-corrected chi connectivity index (χ1v) is 6.57. The normalized spacial score (nSPS) is 19.5. The third-order valence-electron chi connectivity index (χ3n) is 3.24. The molecule has 0 radical (unpaired) electrons. The number of aryl methyl sites for hydroxylation is 2. The molecule has 0 aliphatic carbocycles. The van der Waals surface area contributed by atoms with Gasteiger partial charge in [-0.15, -0.1) is 0 Å². The van der Waals surface area contributed by atoms with E-state index in [1.54, 1.807) is 0 Å². The minimum Gasteiger partial charge on any atom is -0.370 e. The molecule has 1 atom stereocenters. The molecule has 17 heavy (non-hydrogen) atoms. The van der Waals surface area contributed by atoms with E-state index >= 15 is 0 Å². The van der Waals surface area contributed by atoms with Gasteiger partial charge < -0.3 is 10.6 Å². The van der Waals surface area contributed by atoms with Crippen LogP contribution in [-0.2, 0) is 6.42 Å². The maximum absolute atomic E-state index is 4.48. The Morgan fingerprint density at radius 3 is 3.06 bits per heavy atom. The van der Waals surface area contributed by atoms with Crippen molar-refractivity contribution in [2.75, 3.05) is 25.0 Å². The lowest BCUT2D eigenvalue weighted by molar-refractivity contribution is 0.549. The molecule has 1 aliphatic rings. The number of anilines is 1. The predicted octanol–water partition coefficient (Wildman–Crippen LogP) is 1.76. The molecule has 0 bridgehead atoms. The third-order valence-corrected chi connectivity index (χ3v) is 3.24. The highest BCUT2D eigenvalue weighted by atomic mass is 15.0. The molecule has 2 rings (SSSR count). The summed E-state index contributed by atoms with van der Waals surface area (Å²) >= 11 is 0. The van der Waals surface area contributed by atoms with E-state index in [4.69, 9.17) is 0 Å². The lowest BCUT2D eigenvalue weighted by Gasteiger charge is -2.10. The van der Waals surface area contributed by atoms with Crippen LogP contribution in [0.25, 0.3) is 0 Å². The van der Waals surface area contributed by atoms with E-state index in [2.05, 4.69) is 27.5 Å². The summed E-state index contributed by atoms with van der Waals surface area (Å²) in [5.41, 5.74) is 1.04. The van der Waals surface area contributed by atoms with Crippen molar-refractivity contribution < 1.29 is 0 Å². The molecule has 4 nitrogen and oxygen atoms in total. The summed E-state index contributed by atoms with van der Waals surface area (Å²) in [4.78, 5) is 8.86. The Morgan fingerprint density at radius 1 is 1.47 bits per heavy atom. The molecule has 1 unspecified atom stereocenters. The SMILES string of the molecule is CCc1nc(C)cc(NCCC2CCNC2)n1. The van der Waals surface area contributed by atoms with E-state index in [0.29, 0.717) is 0 Å². The molecule has 0 spiro atoms. The highest BCUT2D eigenvalue weighted by Gasteiger charge is 2.13. The summed E-state index contributed by atoms with van der Waals surface area (Å²) in [6.07, 6.45) is 3.42. The summed E-state index contributed by atoms with van der Waals surface area (Å²) < 4.78 is 0. The second-order valence-electron chi connectivity index (χ2n) is 4.74. The van der Waals surface area contributed by atoms with E-state index in [9.17, 15) is 0 Å². The van der Waals surface area contributed by atoms with Crippen LogP contribution in [-0.4, -0.2) is 29.6 Å². The van der Waals surface area contributed by atoms with Crippen LogP contribution in [0.2, 0.25) is 0 Å². The van der Waals surface area contributed by atoms with Gasteiger partial charge in [0.2, 0.25) is 0 Å². The Labute approximate surface area is 103 Å². The van der Waals surface area contributed by atoms with Crippen LogP contribution in [0.1, 0.15) is 31.3 Å². The van der Waals surface area contributed by atoms with Crippen molar-refractivity contribution in [3.05, 3.63) is 17.6 Å². The number of nitrogens with zero attached hydrogens (tertiary/aromatic N) is 2. The van der Waals surface area contributed by atoms with E-state index in [1.165, 1.54) is 25.9 Å². The van der Waals surface area contributed by atoms with Crippen LogP contribution in [0.5, 0.6) is 0 Å². The summed E-state index contributed by atoms with van der Waals surface area (Å²) in [7, 11) is 0. The molecule has 1 aromatic heterocycles. The number of rotatable bonds is 5. The summed E-state index contributed by atoms with van der Waals surface area (Å²) in [5, 5.41) is 6.80. The summed E-state index contributed by atoms with van der Waals surface area (Å²) in [5.74, 6) is 2.73. The van der Waals surface area contributed by atoms with E-state index in [0.717, 1.165) is 36.2 Å². The molecule has 0 amide bonds. The van der Waals surface area contributed by atoms with Crippen molar-refractivity contribution in [2.24, 2.45) is 5.92 Å². The van der Waals surface area contributed by atoms with E-state index in [-0.39, 0.29) is 0 Å². The van der Waals surface area contributed by atoms with E-state index < -0.39 is 0 Å². The van der Waals surface area contributed by atoms with Crippen molar-refractivity contribution in [3.8, 4) is 0 Å². The number of aromatic nitrogens is 2. The van der Waals surface area contributed by atoms with Crippen LogP contribution in [0.3, 0.4) is 0 Å². The molecule has 4 heteroatoms. The van der Waals surface area contributed by atoms with Gasteiger partial charge in [0.15, 0.2) is 0 Å². The molecule has 0 saturated carbocycles. The fourth-order valence-corrected chi connectivity index (χ4v) is 2.24. The first kappa shape index (κ1) is 12.3. The Kier molecular flexibility index (Phi) is 4.31. The van der Waals surface area contributed by atoms with Crippen molar-refractivity contribution in [3.63, 3.8) is 0 Å². The van der Waals surface area contributed by atoms with Gasteiger partial charge in [-0.1, -0.05) is 6.92 Å². The molecule has 94 valence electrons. The van der Waals surface area contributed by atoms with Gasteiger partial charge in [-0.25, -0.2) is 9.97 Å². The monoisotopic (exact) mass is 234 g/mol. The Morgan fingerprint density at radius 2 is 2.35 bits per heavy atom. The van der Waals surface area contributed by atoms with Gasteiger partial charge in [-0.2, -0.15) is 0 Å². The van der Waals surface area contributed by atoms with Gasteiger partial charge in [0, 0.05) is 24.7 Å². The minimum absolute atomic E-state index is 0.830. The molecular formula is C13H22N4. The highest BCUT2D eigenvalue weighted by molar-refractivity contribution is 5.35. The number of hydrogen-bond donors (Lipinski definition) is 2. The molecule has 1 aromatic rings. The van der Waals surface area contributed by atoms with Crippen molar-refractivity contribution in [2.45, 2.75) is 33.1 Å². The predicted molar refractivity (Wildman–Crippen MR) is 70.2 cm³/mol. The van der Waals surface area contributed by atoms with Crippen molar-refractivity contribution in [1.82, 2.24) is 15.3 Å². The minimum atomic E-state index is 0.830. The van der Waals surface area contributed by atoms with Crippen LogP contribution < -0.4 is 10.6 Å². The van der Waals surface area contributed by atoms with Gasteiger partial charge >= 0.3 is 0 Å². The first-order valence-electron chi connectivity index (χ1n) is 6.57. The average Bonchev–Trinajstić information content (AvgIpc) is 2.81. The fourth-order valence-electron chi connectivity index (χ4n) is 2.24. The Balaban J connectivity index is 1.83. The zero-order valence-electron chi connectivity index (χ0n) is 10.8. The van der Waals surface area contributed by atoms with Crippen LogP contribution >= 0.6 is 0 Å². The Bertz CT molecular complexity index is 358. The second kappa shape index (κ2) is 5.96. The molecule has 1 fully saturated rings. The molecule has 1 saturated heterocycles. The topological polar surface area (TPSA) is 49.8 Å². The van der Waals surface area contributed by atoms with Gasteiger partial charge in [0.1, 0.15) is 11.6 Å². The fraction of sp³-hybridized carbons (Fsp3) is 0.692. The van der Waals surface area contributed by atoms with Gasteiger partial charge in [0.05, 0.1) is 0 Å². The maximum Gasteiger partial charge on any atom is 0.130 e. The Hall–Kier alpha value is -1.16. The maximum atomic E-state index is 4.48. The van der Waals surface area contributed by atoms with Crippen LogP contribution in [0.4, 0.5) is 5.82 Å². The quantitative estimate of drug-likeness (QED) is 0.815. The number of hydrogen-bond acceptors (Lipinski definition) is 4. The molecule has 0 aromatic carbocycles. The number of nitrogens with one attached hydrogen (secondary N) is 2. The summed E-state index contributed by atoms with van der Waals surface area (Å²) in [6, 6.07) is 2.02. The summed E-state index contributed by atoms with van der Waals surface area (Å²) in [6.45, 7) is 7.46. The standard InChI is InChI=1S/C13H22N4/c1-3-12-16-10(2)8-13(17-12)15-7-5-11-4-6-14-9-11/h8,11,14H,3-7,9H2,1-2H3,(H,15,16,17). The molecule has 2 N–H and O–H groups in total. The smallest absolute Gasteiger partial charge is 0.130 e.